The third kappa shape index (κ3) is 9.04. The Hall–Kier alpha value is -3.03. The molecule has 4 rings (SSSR count). The standard InChI is InChI=1S/C30H26Cl3F6N3O3/c31-22-4-2-19(3-5-22)28(45)7-9-42(10-8-28)16-26(43)41-25(17-1-6-23(32)24(33)13-17)15-40-27(44)18-11-20(29(34,35)36)14-21(12-18)30(37,38)39/h1-6,11-14,25,45H,7-10,15-16H2,(H,40,44)(H,41,43). The van der Waals surface area contributed by atoms with Crippen LogP contribution in [0.15, 0.2) is 60.7 Å². The molecule has 2 amide bonds. The van der Waals surface area contributed by atoms with Crippen molar-refractivity contribution < 1.29 is 41.0 Å². The Morgan fingerprint density at radius 1 is 0.844 bits per heavy atom. The summed E-state index contributed by atoms with van der Waals surface area (Å²) >= 11 is 18.1. The van der Waals surface area contributed by atoms with Crippen molar-refractivity contribution in [2.75, 3.05) is 26.2 Å². The number of amides is 2. The van der Waals surface area contributed by atoms with Crippen LogP contribution in [0.25, 0.3) is 0 Å². The van der Waals surface area contributed by atoms with Crippen LogP contribution in [-0.4, -0.2) is 48.0 Å². The molecule has 1 heterocycles. The summed E-state index contributed by atoms with van der Waals surface area (Å²) in [5.41, 5.74) is -4.16. The first-order valence-corrected chi connectivity index (χ1v) is 14.6. The summed E-state index contributed by atoms with van der Waals surface area (Å²) in [6, 6.07) is 10.8. The minimum Gasteiger partial charge on any atom is -0.385 e. The van der Waals surface area contributed by atoms with Gasteiger partial charge in [0.05, 0.1) is 39.4 Å². The molecule has 0 radical (unpaired) electrons. The van der Waals surface area contributed by atoms with Crippen molar-refractivity contribution in [3.8, 4) is 0 Å². The predicted octanol–water partition coefficient (Wildman–Crippen LogP) is 7.26. The van der Waals surface area contributed by atoms with E-state index in [2.05, 4.69) is 10.6 Å². The van der Waals surface area contributed by atoms with E-state index in [4.69, 9.17) is 34.8 Å². The largest absolute Gasteiger partial charge is 0.416 e. The number of benzene rings is 3. The second-order valence-corrected chi connectivity index (χ2v) is 11.9. The smallest absolute Gasteiger partial charge is 0.385 e. The van der Waals surface area contributed by atoms with Gasteiger partial charge in [-0.25, -0.2) is 0 Å². The zero-order chi connectivity index (χ0) is 33.2. The highest BCUT2D eigenvalue weighted by molar-refractivity contribution is 6.42. The number of aliphatic hydroxyl groups is 1. The van der Waals surface area contributed by atoms with Crippen molar-refractivity contribution in [3.63, 3.8) is 0 Å². The Balaban J connectivity index is 1.46. The summed E-state index contributed by atoms with van der Waals surface area (Å²) in [4.78, 5) is 27.7. The molecule has 3 aromatic rings. The van der Waals surface area contributed by atoms with Crippen LogP contribution in [0, 0.1) is 0 Å². The molecule has 0 bridgehead atoms. The van der Waals surface area contributed by atoms with Gasteiger partial charge in [0, 0.05) is 30.2 Å². The minimum absolute atomic E-state index is 0.0770. The average Bonchev–Trinajstić information content (AvgIpc) is 2.97. The van der Waals surface area contributed by atoms with E-state index in [1.807, 2.05) is 4.90 Å². The summed E-state index contributed by atoms with van der Waals surface area (Å²) in [5, 5.41) is 17.0. The maximum absolute atomic E-state index is 13.3. The van der Waals surface area contributed by atoms with Crippen molar-refractivity contribution in [3.05, 3.63) is 104 Å². The predicted molar refractivity (Wildman–Crippen MR) is 157 cm³/mol. The molecule has 0 saturated carbocycles. The van der Waals surface area contributed by atoms with E-state index in [1.165, 1.54) is 18.2 Å². The van der Waals surface area contributed by atoms with Crippen LogP contribution >= 0.6 is 34.8 Å². The van der Waals surface area contributed by atoms with Gasteiger partial charge in [0.1, 0.15) is 0 Å². The number of halogens is 9. The zero-order valence-corrected chi connectivity index (χ0v) is 25.5. The number of piperidine rings is 1. The third-order valence-electron chi connectivity index (χ3n) is 7.43. The highest BCUT2D eigenvalue weighted by Gasteiger charge is 2.38. The number of nitrogens with one attached hydrogen (secondary N) is 2. The lowest BCUT2D eigenvalue weighted by molar-refractivity contribution is -0.143. The molecule has 45 heavy (non-hydrogen) atoms. The van der Waals surface area contributed by atoms with E-state index >= 15 is 0 Å². The molecule has 0 spiro atoms. The van der Waals surface area contributed by atoms with Crippen LogP contribution in [0.1, 0.15) is 51.5 Å². The zero-order valence-electron chi connectivity index (χ0n) is 23.2. The molecule has 1 unspecified atom stereocenters. The fourth-order valence-corrected chi connectivity index (χ4v) is 5.37. The van der Waals surface area contributed by atoms with Crippen LogP contribution in [0.5, 0.6) is 0 Å². The number of likely N-dealkylation sites (tertiary alicyclic amines) is 1. The number of alkyl halides is 6. The monoisotopic (exact) mass is 695 g/mol. The first-order chi connectivity index (χ1) is 20.9. The third-order valence-corrected chi connectivity index (χ3v) is 8.42. The molecule has 1 aliphatic rings. The SMILES string of the molecule is O=C(CN1CCC(O)(c2ccc(Cl)cc2)CC1)NC(CNC(=O)c1cc(C(F)(F)F)cc(C(F)(F)F)c1)c1ccc(Cl)c(Cl)c1. The van der Waals surface area contributed by atoms with Gasteiger partial charge >= 0.3 is 12.4 Å². The van der Waals surface area contributed by atoms with Gasteiger partial charge in [-0.05, 0) is 66.4 Å². The molecule has 15 heteroatoms. The number of hydrogen-bond acceptors (Lipinski definition) is 4. The van der Waals surface area contributed by atoms with Gasteiger partial charge in [0.25, 0.3) is 5.91 Å². The van der Waals surface area contributed by atoms with Gasteiger partial charge in [0.15, 0.2) is 0 Å². The van der Waals surface area contributed by atoms with Crippen LogP contribution in [0.2, 0.25) is 15.1 Å². The highest BCUT2D eigenvalue weighted by atomic mass is 35.5. The normalized spacial score (nSPS) is 16.2. The number of hydrogen-bond donors (Lipinski definition) is 3. The molecule has 242 valence electrons. The quantitative estimate of drug-likeness (QED) is 0.217. The molecule has 1 fully saturated rings. The number of carbonyl (C=O) groups excluding carboxylic acids is 2. The average molecular weight is 697 g/mol. The molecular formula is C30H26Cl3F6N3O3. The summed E-state index contributed by atoms with van der Waals surface area (Å²) in [6.45, 7) is 0.247. The van der Waals surface area contributed by atoms with Gasteiger partial charge in [-0.1, -0.05) is 53.0 Å². The lowest BCUT2D eigenvalue weighted by Crippen LogP contribution is -2.47. The maximum atomic E-state index is 13.3. The van der Waals surface area contributed by atoms with E-state index in [9.17, 15) is 41.0 Å². The summed E-state index contributed by atoms with van der Waals surface area (Å²) in [5.74, 6) is -1.71. The summed E-state index contributed by atoms with van der Waals surface area (Å²) in [6.07, 6.45) is -9.59. The Labute approximate surface area is 269 Å². The maximum Gasteiger partial charge on any atom is 0.416 e. The van der Waals surface area contributed by atoms with E-state index in [0.717, 1.165) is 0 Å². The lowest BCUT2D eigenvalue weighted by Gasteiger charge is -2.38. The summed E-state index contributed by atoms with van der Waals surface area (Å²) < 4.78 is 79.8. The summed E-state index contributed by atoms with van der Waals surface area (Å²) in [7, 11) is 0. The van der Waals surface area contributed by atoms with Gasteiger partial charge in [-0.3, -0.25) is 14.5 Å². The van der Waals surface area contributed by atoms with Gasteiger partial charge in [0.2, 0.25) is 5.91 Å². The fraction of sp³-hybridized carbons (Fsp3) is 0.333. The van der Waals surface area contributed by atoms with E-state index in [1.54, 1.807) is 24.3 Å². The topological polar surface area (TPSA) is 81.7 Å². The molecule has 6 nitrogen and oxygen atoms in total. The van der Waals surface area contributed by atoms with Crippen molar-refractivity contribution in [1.82, 2.24) is 15.5 Å². The van der Waals surface area contributed by atoms with Gasteiger partial charge in [-0.2, -0.15) is 26.3 Å². The van der Waals surface area contributed by atoms with Gasteiger partial charge in [-0.15, -0.1) is 0 Å². The van der Waals surface area contributed by atoms with Crippen LogP contribution < -0.4 is 10.6 Å². The van der Waals surface area contributed by atoms with E-state index < -0.39 is 59.0 Å². The van der Waals surface area contributed by atoms with Crippen molar-refractivity contribution in [2.24, 2.45) is 0 Å². The fourth-order valence-electron chi connectivity index (χ4n) is 4.94. The first kappa shape index (κ1) is 34.8. The molecule has 3 N–H and O–H groups in total. The first-order valence-electron chi connectivity index (χ1n) is 13.5. The Kier molecular flexibility index (Phi) is 10.7. The Morgan fingerprint density at radius 2 is 1.42 bits per heavy atom. The molecule has 1 atom stereocenters. The Morgan fingerprint density at radius 3 is 1.96 bits per heavy atom. The van der Waals surface area contributed by atoms with E-state index in [-0.39, 0.29) is 22.7 Å². The van der Waals surface area contributed by atoms with E-state index in [0.29, 0.717) is 54.2 Å². The lowest BCUT2D eigenvalue weighted by atomic mass is 9.84. The van der Waals surface area contributed by atoms with Crippen LogP contribution in [0.4, 0.5) is 26.3 Å². The van der Waals surface area contributed by atoms with Crippen molar-refractivity contribution in [2.45, 2.75) is 36.8 Å². The minimum atomic E-state index is -5.13. The molecule has 3 aromatic carbocycles. The van der Waals surface area contributed by atoms with Gasteiger partial charge < -0.3 is 15.7 Å². The molecule has 1 aliphatic heterocycles. The highest BCUT2D eigenvalue weighted by Crippen LogP contribution is 2.37. The van der Waals surface area contributed by atoms with Crippen molar-refractivity contribution in [1.29, 1.82) is 0 Å². The molecule has 0 aliphatic carbocycles. The number of rotatable bonds is 8. The van der Waals surface area contributed by atoms with Crippen molar-refractivity contribution >= 4 is 46.6 Å². The van der Waals surface area contributed by atoms with Crippen LogP contribution in [0.3, 0.4) is 0 Å². The second-order valence-electron chi connectivity index (χ2n) is 10.6. The number of nitrogens with zero attached hydrogens (tertiary/aromatic N) is 1. The van der Waals surface area contributed by atoms with Crippen LogP contribution in [-0.2, 0) is 22.7 Å². The molecular weight excluding hydrogens is 671 g/mol. The molecule has 1 saturated heterocycles. The molecule has 0 aromatic heterocycles. The Bertz CT molecular complexity index is 1510. The second kappa shape index (κ2) is 13.8. The number of carbonyl (C=O) groups is 2.